The number of piperidine rings is 1. The molecule has 3 rings (SSSR count). The third-order valence-corrected chi connectivity index (χ3v) is 7.69. The maximum atomic E-state index is 13.0. The highest BCUT2D eigenvalue weighted by Gasteiger charge is 2.34. The number of rotatable bonds is 6. The van der Waals surface area contributed by atoms with E-state index in [4.69, 9.17) is 16.0 Å². The molecule has 1 fully saturated rings. The van der Waals surface area contributed by atoms with Crippen LogP contribution in [-0.2, 0) is 33.0 Å². The molecule has 0 spiro atoms. The molecule has 164 valence electrons. The van der Waals surface area contributed by atoms with E-state index in [1.807, 2.05) is 0 Å². The van der Waals surface area contributed by atoms with E-state index in [1.54, 1.807) is 17.0 Å². The number of aryl methyl sites for hydroxylation is 1. The van der Waals surface area contributed by atoms with Crippen LogP contribution < -0.4 is 0 Å². The summed E-state index contributed by atoms with van der Waals surface area (Å²) >= 11 is 5.61. The monoisotopic (exact) mass is 463 g/mol. The third-order valence-electron chi connectivity index (χ3n) is 5.19. The highest BCUT2D eigenvalue weighted by molar-refractivity contribution is 7.91. The molecule has 10 heteroatoms. The fourth-order valence-electron chi connectivity index (χ4n) is 3.53. The Morgan fingerprint density at radius 2 is 1.90 bits per heavy atom. The summed E-state index contributed by atoms with van der Waals surface area (Å²) in [6.07, 6.45) is -2.29. The summed E-state index contributed by atoms with van der Waals surface area (Å²) < 4.78 is 69.0. The molecule has 5 nitrogen and oxygen atoms in total. The average molecular weight is 464 g/mol. The van der Waals surface area contributed by atoms with E-state index in [0.29, 0.717) is 37.3 Å². The van der Waals surface area contributed by atoms with Gasteiger partial charge in [-0.15, -0.1) is 0 Å². The van der Waals surface area contributed by atoms with Crippen LogP contribution in [0, 0.1) is 0 Å². The van der Waals surface area contributed by atoms with Gasteiger partial charge in [-0.1, -0.05) is 17.7 Å². The van der Waals surface area contributed by atoms with Crippen molar-refractivity contribution in [2.75, 3.05) is 13.1 Å². The standard InChI is InChI=1S/C20H21ClF3NO4S/c21-18-5-3-14(12-17(18)20(22,23)24)4-6-19(26)25-9-7-16(8-10-25)30(27,28)13-15-2-1-11-29-15/h1-3,5,11-12,16H,4,6-10,13H2. The smallest absolute Gasteiger partial charge is 0.417 e. The molecular formula is C20H21ClF3NO4S. The van der Waals surface area contributed by atoms with E-state index < -0.39 is 26.8 Å². The van der Waals surface area contributed by atoms with Gasteiger partial charge in [-0.25, -0.2) is 8.42 Å². The SMILES string of the molecule is O=C(CCc1ccc(Cl)c(C(F)(F)F)c1)N1CCC(S(=O)(=O)Cc2ccco2)CC1. The molecule has 2 heterocycles. The van der Waals surface area contributed by atoms with E-state index in [-0.39, 0.29) is 29.5 Å². The minimum atomic E-state index is -4.56. The third kappa shape index (κ3) is 5.57. The first-order valence-electron chi connectivity index (χ1n) is 9.43. The van der Waals surface area contributed by atoms with Crippen molar-refractivity contribution in [1.29, 1.82) is 0 Å². The lowest BCUT2D eigenvalue weighted by Crippen LogP contribution is -2.42. The maximum Gasteiger partial charge on any atom is 0.417 e. The summed E-state index contributed by atoms with van der Waals surface area (Å²) in [5.74, 6) is 0.00609. The summed E-state index contributed by atoms with van der Waals surface area (Å²) in [4.78, 5) is 14.0. The molecule has 0 radical (unpaired) electrons. The summed E-state index contributed by atoms with van der Waals surface area (Å²) in [6.45, 7) is 0.602. The molecule has 30 heavy (non-hydrogen) atoms. The molecule has 0 unspecified atom stereocenters. The Morgan fingerprint density at radius 3 is 2.50 bits per heavy atom. The molecule has 1 aliphatic heterocycles. The highest BCUT2D eigenvalue weighted by Crippen LogP contribution is 2.35. The molecule has 1 saturated heterocycles. The zero-order valence-electron chi connectivity index (χ0n) is 16.0. The number of hydrogen-bond donors (Lipinski definition) is 0. The van der Waals surface area contributed by atoms with Crippen LogP contribution in [0.1, 0.15) is 36.1 Å². The highest BCUT2D eigenvalue weighted by atomic mass is 35.5. The topological polar surface area (TPSA) is 67.6 Å². The molecule has 0 bridgehead atoms. The minimum Gasteiger partial charge on any atom is -0.468 e. The number of nitrogens with zero attached hydrogens (tertiary/aromatic N) is 1. The first-order chi connectivity index (χ1) is 14.1. The zero-order chi connectivity index (χ0) is 21.9. The minimum absolute atomic E-state index is 0.0444. The van der Waals surface area contributed by atoms with Crippen LogP contribution in [0.15, 0.2) is 41.0 Å². The molecule has 1 amide bonds. The lowest BCUT2D eigenvalue weighted by atomic mass is 10.0. The number of alkyl halides is 3. The van der Waals surface area contributed by atoms with Gasteiger partial charge >= 0.3 is 6.18 Å². The van der Waals surface area contributed by atoms with Gasteiger partial charge < -0.3 is 9.32 Å². The quantitative estimate of drug-likeness (QED) is 0.633. The number of sulfone groups is 1. The van der Waals surface area contributed by atoms with Gasteiger partial charge in [0.05, 0.1) is 22.1 Å². The maximum absolute atomic E-state index is 13.0. The Labute approximate surface area is 177 Å². The molecular weight excluding hydrogens is 443 g/mol. The Hall–Kier alpha value is -2.00. The average Bonchev–Trinajstić information content (AvgIpc) is 3.18. The molecule has 0 aliphatic carbocycles. The van der Waals surface area contributed by atoms with Crippen LogP contribution in [0.3, 0.4) is 0 Å². The number of likely N-dealkylation sites (tertiary alicyclic amines) is 1. The van der Waals surface area contributed by atoms with Gasteiger partial charge in [0.25, 0.3) is 0 Å². The van der Waals surface area contributed by atoms with Crippen molar-refractivity contribution >= 4 is 27.3 Å². The van der Waals surface area contributed by atoms with Gasteiger partial charge in [-0.2, -0.15) is 13.2 Å². The van der Waals surface area contributed by atoms with Crippen molar-refractivity contribution in [2.45, 2.75) is 42.9 Å². The second kappa shape index (κ2) is 9.01. The van der Waals surface area contributed by atoms with E-state index in [2.05, 4.69) is 0 Å². The predicted octanol–water partition coefficient (Wildman–Crippen LogP) is 4.49. The zero-order valence-corrected chi connectivity index (χ0v) is 17.6. The van der Waals surface area contributed by atoms with Crippen LogP contribution in [0.5, 0.6) is 0 Å². The van der Waals surface area contributed by atoms with Crippen LogP contribution >= 0.6 is 11.6 Å². The summed E-state index contributed by atoms with van der Waals surface area (Å²) in [6, 6.07) is 6.85. The van der Waals surface area contributed by atoms with Gasteiger partial charge in [0.2, 0.25) is 5.91 Å². The summed E-state index contributed by atoms with van der Waals surface area (Å²) in [7, 11) is -3.38. The van der Waals surface area contributed by atoms with Crippen molar-refractivity contribution in [1.82, 2.24) is 4.90 Å². The molecule has 2 aromatic rings. The van der Waals surface area contributed by atoms with Crippen molar-refractivity contribution < 1.29 is 30.8 Å². The number of furan rings is 1. The Balaban J connectivity index is 1.52. The Bertz CT molecular complexity index is 982. The molecule has 0 N–H and O–H groups in total. The molecule has 1 aromatic carbocycles. The van der Waals surface area contributed by atoms with Gasteiger partial charge in [-0.05, 0) is 49.1 Å². The van der Waals surface area contributed by atoms with Crippen LogP contribution in [-0.4, -0.2) is 37.6 Å². The van der Waals surface area contributed by atoms with E-state index >= 15 is 0 Å². The summed E-state index contributed by atoms with van der Waals surface area (Å²) in [5, 5.41) is -0.923. The van der Waals surface area contributed by atoms with Gasteiger partial charge in [0, 0.05) is 19.5 Å². The lowest BCUT2D eigenvalue weighted by Gasteiger charge is -2.31. The van der Waals surface area contributed by atoms with E-state index in [1.165, 1.54) is 18.4 Å². The lowest BCUT2D eigenvalue weighted by molar-refractivity contribution is -0.137. The second-order valence-corrected chi connectivity index (χ2v) is 9.97. The molecule has 1 aliphatic rings. The van der Waals surface area contributed by atoms with E-state index in [0.717, 1.165) is 6.07 Å². The van der Waals surface area contributed by atoms with Crippen molar-refractivity contribution in [3.63, 3.8) is 0 Å². The van der Waals surface area contributed by atoms with Gasteiger partial charge in [0.1, 0.15) is 11.5 Å². The van der Waals surface area contributed by atoms with Crippen molar-refractivity contribution in [2.24, 2.45) is 0 Å². The number of hydrogen-bond acceptors (Lipinski definition) is 4. The first kappa shape index (κ1) is 22.7. The number of carbonyl (C=O) groups is 1. The fraction of sp³-hybridized carbons (Fsp3) is 0.450. The Morgan fingerprint density at radius 1 is 1.20 bits per heavy atom. The number of halogens is 4. The van der Waals surface area contributed by atoms with Crippen molar-refractivity contribution in [3.8, 4) is 0 Å². The van der Waals surface area contributed by atoms with Gasteiger partial charge in [-0.3, -0.25) is 4.79 Å². The molecule has 1 aromatic heterocycles. The fourth-order valence-corrected chi connectivity index (χ4v) is 5.48. The predicted molar refractivity (Wildman–Crippen MR) is 106 cm³/mol. The molecule has 0 atom stereocenters. The number of amides is 1. The van der Waals surface area contributed by atoms with Crippen LogP contribution in [0.25, 0.3) is 0 Å². The Kier molecular flexibility index (Phi) is 6.81. The largest absolute Gasteiger partial charge is 0.468 e. The van der Waals surface area contributed by atoms with Crippen molar-refractivity contribution in [3.05, 3.63) is 58.5 Å². The van der Waals surface area contributed by atoms with E-state index in [9.17, 15) is 26.4 Å². The van der Waals surface area contributed by atoms with Crippen LogP contribution in [0.4, 0.5) is 13.2 Å². The number of benzene rings is 1. The first-order valence-corrected chi connectivity index (χ1v) is 11.5. The normalized spacial score (nSPS) is 16.1. The molecule has 0 saturated carbocycles. The van der Waals surface area contributed by atoms with Gasteiger partial charge in [0.15, 0.2) is 9.84 Å². The number of carbonyl (C=O) groups excluding carboxylic acids is 1. The second-order valence-electron chi connectivity index (χ2n) is 7.28. The van der Waals surface area contributed by atoms with Crippen LogP contribution in [0.2, 0.25) is 5.02 Å². The summed E-state index contributed by atoms with van der Waals surface area (Å²) in [5.41, 5.74) is -0.548.